The lowest BCUT2D eigenvalue weighted by atomic mass is 10.1. The molecule has 6 heteroatoms. The molecule has 25 heavy (non-hydrogen) atoms. The summed E-state index contributed by atoms with van der Waals surface area (Å²) in [4.78, 5) is 4.53. The highest BCUT2D eigenvalue weighted by Crippen LogP contribution is 2.31. The van der Waals surface area contributed by atoms with Crippen molar-refractivity contribution in [1.82, 2.24) is 4.98 Å². The van der Waals surface area contributed by atoms with Crippen LogP contribution in [0, 0.1) is 0 Å². The fourth-order valence-electron chi connectivity index (χ4n) is 2.36. The van der Waals surface area contributed by atoms with Crippen molar-refractivity contribution >= 4 is 21.4 Å². The smallest absolute Gasteiger partial charge is 0.221 e. The van der Waals surface area contributed by atoms with E-state index in [0.29, 0.717) is 23.1 Å². The number of benzene rings is 2. The zero-order chi connectivity index (χ0) is 17.9. The normalized spacial score (nSPS) is 11.3. The van der Waals surface area contributed by atoms with Crippen molar-refractivity contribution in [2.75, 3.05) is 6.26 Å². The molecule has 1 heterocycles. The lowest BCUT2D eigenvalue weighted by Crippen LogP contribution is -2.00. The molecule has 0 bridgehead atoms. The molecule has 0 aliphatic rings. The molecule has 0 unspecified atom stereocenters. The van der Waals surface area contributed by atoms with Gasteiger partial charge in [0.2, 0.25) is 5.88 Å². The third-order valence-corrected chi connectivity index (χ3v) is 4.96. The lowest BCUT2D eigenvalue weighted by Gasteiger charge is -2.11. The second-order valence-electron chi connectivity index (χ2n) is 5.58. The zero-order valence-electron chi connectivity index (χ0n) is 13.5. The molecule has 0 aliphatic carbocycles. The number of sulfone groups is 1. The Hall–Kier alpha value is -2.37. The van der Waals surface area contributed by atoms with Crippen LogP contribution in [0.15, 0.2) is 71.8 Å². The lowest BCUT2D eigenvalue weighted by molar-refractivity contribution is 0.295. The van der Waals surface area contributed by atoms with Gasteiger partial charge in [0.05, 0.1) is 9.92 Å². The fraction of sp³-hybridized carbons (Fsp3) is 0.105. The molecule has 0 saturated heterocycles. The van der Waals surface area contributed by atoms with Gasteiger partial charge in [-0.25, -0.2) is 13.4 Å². The number of rotatable bonds is 5. The number of halogens is 1. The number of nitrogens with zero attached hydrogens (tertiary/aromatic N) is 1. The van der Waals surface area contributed by atoms with E-state index in [1.54, 1.807) is 30.3 Å². The van der Waals surface area contributed by atoms with Gasteiger partial charge in [-0.2, -0.15) is 0 Å². The summed E-state index contributed by atoms with van der Waals surface area (Å²) in [6, 6.07) is 18.1. The highest BCUT2D eigenvalue weighted by Gasteiger charge is 2.12. The molecular formula is C19H16ClNO3S. The Kier molecular flexibility index (Phi) is 5.06. The van der Waals surface area contributed by atoms with Gasteiger partial charge < -0.3 is 4.74 Å². The summed E-state index contributed by atoms with van der Waals surface area (Å²) in [6.07, 6.45) is 2.70. The first-order valence-electron chi connectivity index (χ1n) is 7.56. The monoisotopic (exact) mass is 373 g/mol. The number of pyridine rings is 1. The summed E-state index contributed by atoms with van der Waals surface area (Å²) in [5, 5.41) is 0.481. The van der Waals surface area contributed by atoms with E-state index in [-0.39, 0.29) is 4.90 Å². The molecule has 3 rings (SSSR count). The molecule has 0 fully saturated rings. The molecule has 0 N–H and O–H groups in total. The quantitative estimate of drug-likeness (QED) is 0.665. The third-order valence-electron chi connectivity index (χ3n) is 3.63. The van der Waals surface area contributed by atoms with E-state index < -0.39 is 9.84 Å². The van der Waals surface area contributed by atoms with Gasteiger partial charge >= 0.3 is 0 Å². The minimum absolute atomic E-state index is 0.262. The standard InChI is InChI=1S/C19H16ClNO3S/c1-25(22,23)17-9-7-15(8-10-17)18-11-16(20)12-21-19(18)24-13-14-5-3-2-4-6-14/h2-12H,13H2,1H3. The van der Waals surface area contributed by atoms with Gasteiger partial charge in [-0.3, -0.25) is 0 Å². The molecule has 0 spiro atoms. The second-order valence-corrected chi connectivity index (χ2v) is 8.03. The highest BCUT2D eigenvalue weighted by molar-refractivity contribution is 7.90. The number of hydrogen-bond acceptors (Lipinski definition) is 4. The molecule has 2 aromatic carbocycles. The van der Waals surface area contributed by atoms with E-state index in [2.05, 4.69) is 4.98 Å². The Balaban J connectivity index is 1.91. The Bertz CT molecular complexity index is 971. The molecule has 4 nitrogen and oxygen atoms in total. The van der Waals surface area contributed by atoms with Crippen molar-refractivity contribution in [1.29, 1.82) is 0 Å². The van der Waals surface area contributed by atoms with Crippen LogP contribution in [-0.2, 0) is 16.4 Å². The Morgan fingerprint density at radius 1 is 1.04 bits per heavy atom. The van der Waals surface area contributed by atoms with Crippen molar-refractivity contribution in [2.24, 2.45) is 0 Å². The van der Waals surface area contributed by atoms with Gasteiger partial charge in [-0.15, -0.1) is 0 Å². The average molecular weight is 374 g/mol. The summed E-state index contributed by atoms with van der Waals surface area (Å²) < 4.78 is 29.0. The van der Waals surface area contributed by atoms with Crippen LogP contribution in [0.25, 0.3) is 11.1 Å². The maximum atomic E-state index is 11.6. The molecule has 0 aliphatic heterocycles. The minimum atomic E-state index is -3.24. The van der Waals surface area contributed by atoms with E-state index in [1.807, 2.05) is 30.3 Å². The first kappa shape index (κ1) is 17.5. The Labute approximate surface area is 152 Å². The molecule has 0 atom stereocenters. The van der Waals surface area contributed by atoms with Gasteiger partial charge in [0, 0.05) is 18.0 Å². The van der Waals surface area contributed by atoms with Crippen LogP contribution >= 0.6 is 11.6 Å². The number of hydrogen-bond donors (Lipinski definition) is 0. The van der Waals surface area contributed by atoms with Crippen LogP contribution in [0.1, 0.15) is 5.56 Å². The van der Waals surface area contributed by atoms with Crippen molar-refractivity contribution < 1.29 is 13.2 Å². The van der Waals surface area contributed by atoms with Gasteiger partial charge in [0.15, 0.2) is 9.84 Å². The van der Waals surface area contributed by atoms with Crippen molar-refractivity contribution in [3.05, 3.63) is 77.4 Å². The summed E-state index contributed by atoms with van der Waals surface area (Å²) in [7, 11) is -3.24. The Morgan fingerprint density at radius 3 is 2.36 bits per heavy atom. The second kappa shape index (κ2) is 7.25. The van der Waals surface area contributed by atoms with E-state index in [4.69, 9.17) is 16.3 Å². The van der Waals surface area contributed by atoms with Crippen molar-refractivity contribution in [3.63, 3.8) is 0 Å². The van der Waals surface area contributed by atoms with Crippen LogP contribution in [-0.4, -0.2) is 19.7 Å². The number of aromatic nitrogens is 1. The number of ether oxygens (including phenoxy) is 1. The zero-order valence-corrected chi connectivity index (χ0v) is 15.1. The largest absolute Gasteiger partial charge is 0.472 e. The summed E-state index contributed by atoms with van der Waals surface area (Å²) in [5.74, 6) is 0.445. The van der Waals surface area contributed by atoms with E-state index >= 15 is 0 Å². The van der Waals surface area contributed by atoms with Crippen molar-refractivity contribution in [2.45, 2.75) is 11.5 Å². The van der Waals surface area contributed by atoms with E-state index in [1.165, 1.54) is 12.5 Å². The average Bonchev–Trinajstić information content (AvgIpc) is 2.61. The van der Waals surface area contributed by atoms with Gasteiger partial charge in [-0.05, 0) is 29.3 Å². The summed E-state index contributed by atoms with van der Waals surface area (Å²) in [6.45, 7) is 0.379. The van der Waals surface area contributed by atoms with Gasteiger partial charge in [-0.1, -0.05) is 54.1 Å². The predicted octanol–water partition coefficient (Wildman–Crippen LogP) is 4.38. The molecule has 3 aromatic rings. The summed E-state index contributed by atoms with van der Waals surface area (Å²) in [5.41, 5.74) is 2.52. The molecule has 0 radical (unpaired) electrons. The van der Waals surface area contributed by atoms with Crippen LogP contribution in [0.4, 0.5) is 0 Å². The van der Waals surface area contributed by atoms with Gasteiger partial charge in [0.25, 0.3) is 0 Å². The maximum absolute atomic E-state index is 11.6. The first-order valence-corrected chi connectivity index (χ1v) is 9.83. The van der Waals surface area contributed by atoms with E-state index in [0.717, 1.165) is 11.1 Å². The van der Waals surface area contributed by atoms with Crippen LogP contribution in [0.2, 0.25) is 5.02 Å². The highest BCUT2D eigenvalue weighted by atomic mass is 35.5. The third kappa shape index (κ3) is 4.38. The molecule has 1 aromatic heterocycles. The summed E-state index contributed by atoms with van der Waals surface area (Å²) >= 11 is 6.07. The molecule has 128 valence electrons. The SMILES string of the molecule is CS(=O)(=O)c1ccc(-c2cc(Cl)cnc2OCc2ccccc2)cc1. The van der Waals surface area contributed by atoms with Crippen molar-refractivity contribution in [3.8, 4) is 17.0 Å². The van der Waals surface area contributed by atoms with Crippen LogP contribution in [0.3, 0.4) is 0 Å². The van der Waals surface area contributed by atoms with Crippen LogP contribution < -0.4 is 4.74 Å². The molecule has 0 amide bonds. The Morgan fingerprint density at radius 2 is 1.72 bits per heavy atom. The fourth-order valence-corrected chi connectivity index (χ4v) is 3.14. The van der Waals surface area contributed by atoms with Crippen LogP contribution in [0.5, 0.6) is 5.88 Å². The molecule has 0 saturated carbocycles. The topological polar surface area (TPSA) is 56.3 Å². The molecular weight excluding hydrogens is 358 g/mol. The maximum Gasteiger partial charge on any atom is 0.221 e. The van der Waals surface area contributed by atoms with Gasteiger partial charge in [0.1, 0.15) is 6.61 Å². The first-order chi connectivity index (χ1) is 11.9. The predicted molar refractivity (Wildman–Crippen MR) is 98.6 cm³/mol. The minimum Gasteiger partial charge on any atom is -0.472 e. The van der Waals surface area contributed by atoms with E-state index in [9.17, 15) is 8.42 Å².